The Morgan fingerprint density at radius 1 is 0.595 bits per heavy atom. The third-order valence-electron chi connectivity index (χ3n) is 8.50. The summed E-state index contributed by atoms with van der Waals surface area (Å²) in [4.78, 5) is 0. The molecule has 3 heteroatoms. The lowest BCUT2D eigenvalue weighted by atomic mass is 9.83. The van der Waals surface area contributed by atoms with Crippen LogP contribution in [0, 0.1) is 0 Å². The molecular weight excluding hydrogens is 522 g/mol. The fourth-order valence-corrected chi connectivity index (χ4v) is 5.85. The maximum atomic E-state index is 15.9. The first kappa shape index (κ1) is 31.9. The highest BCUT2D eigenvalue weighted by Gasteiger charge is 2.44. The largest absolute Gasteiger partial charge is 0.367 e. The number of hydrogen-bond donors (Lipinski definition) is 0. The zero-order chi connectivity index (χ0) is 29.6. The molecule has 0 bridgehead atoms. The Kier molecular flexibility index (Phi) is 12.6. The van der Waals surface area contributed by atoms with Crippen LogP contribution >= 0.6 is 0 Å². The van der Waals surface area contributed by atoms with Crippen LogP contribution in [0.3, 0.4) is 0 Å². The van der Waals surface area contributed by atoms with Crippen LogP contribution in [-0.2, 0) is 4.74 Å². The summed E-state index contributed by atoms with van der Waals surface area (Å²) in [5.74, 6) is -0.718. The first-order valence-corrected chi connectivity index (χ1v) is 16.2. The van der Waals surface area contributed by atoms with E-state index in [0.29, 0.717) is 24.2 Å². The van der Waals surface area contributed by atoms with E-state index >= 15 is 8.78 Å². The molecule has 42 heavy (non-hydrogen) atoms. The fourth-order valence-electron chi connectivity index (χ4n) is 5.85. The number of halogens is 2. The summed E-state index contributed by atoms with van der Waals surface area (Å²) in [6, 6.07) is 26.5. The van der Waals surface area contributed by atoms with Crippen LogP contribution in [-0.4, -0.2) is 18.4 Å². The second-order valence-corrected chi connectivity index (χ2v) is 11.7. The standard InChI is InChI=1S/C39H48F2O/c1-3-5-7-8-9-10-11-16-30-42-39(28-15-6-4-2)29-27-36(37(40)38(39)41)35-25-23-34(24-26-35)33-21-19-32(20-22-33)31-17-13-12-14-18-31/h12-14,17-27,29,38H,3-11,15-16,28,30H2,1-2H3. The van der Waals surface area contributed by atoms with Gasteiger partial charge in [0.05, 0.1) is 0 Å². The minimum Gasteiger partial charge on any atom is -0.367 e. The maximum absolute atomic E-state index is 15.9. The predicted molar refractivity (Wildman–Crippen MR) is 175 cm³/mol. The van der Waals surface area contributed by atoms with Gasteiger partial charge in [0.2, 0.25) is 0 Å². The highest BCUT2D eigenvalue weighted by atomic mass is 19.2. The molecule has 2 unspecified atom stereocenters. The lowest BCUT2D eigenvalue weighted by molar-refractivity contribution is -0.0651. The first-order valence-electron chi connectivity index (χ1n) is 16.2. The number of alkyl halides is 1. The van der Waals surface area contributed by atoms with Gasteiger partial charge in [-0.25, -0.2) is 8.78 Å². The Labute approximate surface area is 252 Å². The Morgan fingerprint density at radius 2 is 1.07 bits per heavy atom. The molecule has 0 spiro atoms. The third kappa shape index (κ3) is 8.51. The van der Waals surface area contributed by atoms with Crippen molar-refractivity contribution in [2.24, 2.45) is 0 Å². The summed E-state index contributed by atoms with van der Waals surface area (Å²) in [6.45, 7) is 4.82. The minimum absolute atomic E-state index is 0.315. The molecule has 3 aromatic carbocycles. The second kappa shape index (κ2) is 16.6. The summed E-state index contributed by atoms with van der Waals surface area (Å²) in [5.41, 5.74) is 4.25. The highest BCUT2D eigenvalue weighted by molar-refractivity contribution is 5.80. The van der Waals surface area contributed by atoms with Gasteiger partial charge in [-0.1, -0.05) is 163 Å². The number of rotatable bonds is 17. The van der Waals surface area contributed by atoms with Crippen LogP contribution < -0.4 is 0 Å². The van der Waals surface area contributed by atoms with Gasteiger partial charge in [-0.05, 0) is 46.7 Å². The molecule has 0 aromatic heterocycles. The van der Waals surface area contributed by atoms with Crippen molar-refractivity contribution in [2.75, 3.05) is 6.61 Å². The third-order valence-corrected chi connectivity index (χ3v) is 8.50. The molecule has 1 aliphatic carbocycles. The van der Waals surface area contributed by atoms with Gasteiger partial charge < -0.3 is 4.74 Å². The number of hydrogen-bond acceptors (Lipinski definition) is 1. The van der Waals surface area contributed by atoms with E-state index in [4.69, 9.17) is 4.74 Å². The van der Waals surface area contributed by atoms with Crippen molar-refractivity contribution >= 4 is 5.57 Å². The second-order valence-electron chi connectivity index (χ2n) is 11.7. The van der Waals surface area contributed by atoms with Crippen molar-refractivity contribution in [3.05, 3.63) is 102 Å². The molecule has 2 atom stereocenters. The van der Waals surface area contributed by atoms with E-state index in [-0.39, 0.29) is 0 Å². The van der Waals surface area contributed by atoms with Crippen molar-refractivity contribution in [1.29, 1.82) is 0 Å². The zero-order valence-corrected chi connectivity index (χ0v) is 25.6. The number of allylic oxidation sites excluding steroid dienone is 2. The number of unbranched alkanes of at least 4 members (excludes halogenated alkanes) is 9. The van der Waals surface area contributed by atoms with Gasteiger partial charge in [-0.2, -0.15) is 0 Å². The predicted octanol–water partition coefficient (Wildman–Crippen LogP) is 12.1. The highest BCUT2D eigenvalue weighted by Crippen LogP contribution is 2.41. The quantitative estimate of drug-likeness (QED) is 0.147. The lowest BCUT2D eigenvalue weighted by Crippen LogP contribution is -2.43. The molecule has 1 nitrogen and oxygen atoms in total. The van der Waals surface area contributed by atoms with Gasteiger partial charge in [0, 0.05) is 12.2 Å². The molecule has 1 aliphatic rings. The summed E-state index contributed by atoms with van der Waals surface area (Å²) in [6.07, 6.45) is 14.6. The van der Waals surface area contributed by atoms with Crippen LogP contribution in [0.1, 0.15) is 96.5 Å². The van der Waals surface area contributed by atoms with Crippen LogP contribution in [0.5, 0.6) is 0 Å². The van der Waals surface area contributed by atoms with Crippen molar-refractivity contribution in [1.82, 2.24) is 0 Å². The molecule has 0 N–H and O–H groups in total. The number of benzene rings is 3. The Hall–Kier alpha value is -3.04. The van der Waals surface area contributed by atoms with E-state index < -0.39 is 17.6 Å². The van der Waals surface area contributed by atoms with Gasteiger partial charge in [0.25, 0.3) is 0 Å². The Balaban J connectivity index is 1.40. The molecule has 4 rings (SSSR count). The summed E-state index contributed by atoms with van der Waals surface area (Å²) in [7, 11) is 0. The van der Waals surface area contributed by atoms with E-state index in [9.17, 15) is 0 Å². The van der Waals surface area contributed by atoms with Gasteiger partial charge in [-0.15, -0.1) is 0 Å². The van der Waals surface area contributed by atoms with E-state index in [1.165, 1.54) is 44.1 Å². The van der Waals surface area contributed by atoms with Gasteiger partial charge in [-0.3, -0.25) is 0 Å². The Bertz CT molecular complexity index is 1260. The smallest absolute Gasteiger partial charge is 0.184 e. The van der Waals surface area contributed by atoms with E-state index in [2.05, 4.69) is 50.2 Å². The SMILES string of the molecule is CCCCCCCCCCOC1(CCCCC)C=CC(c2ccc(-c3ccc(-c4ccccc4)cc3)cc2)=C(F)C1F. The van der Waals surface area contributed by atoms with Crippen LogP contribution in [0.15, 0.2) is 96.8 Å². The average molecular weight is 571 g/mol. The normalized spacial score (nSPS) is 18.5. The summed E-state index contributed by atoms with van der Waals surface area (Å²) < 4.78 is 37.8. The molecule has 224 valence electrons. The summed E-state index contributed by atoms with van der Waals surface area (Å²) >= 11 is 0. The van der Waals surface area contributed by atoms with E-state index in [0.717, 1.165) is 48.8 Å². The topological polar surface area (TPSA) is 9.23 Å². The average Bonchev–Trinajstić information content (AvgIpc) is 3.03. The molecular formula is C39H48F2O. The van der Waals surface area contributed by atoms with E-state index in [1.54, 1.807) is 12.2 Å². The van der Waals surface area contributed by atoms with Crippen molar-refractivity contribution < 1.29 is 13.5 Å². The van der Waals surface area contributed by atoms with E-state index in [1.807, 2.05) is 42.5 Å². The molecule has 0 fully saturated rings. The van der Waals surface area contributed by atoms with Crippen molar-refractivity contribution in [2.45, 2.75) is 103 Å². The van der Waals surface area contributed by atoms with Crippen LogP contribution in [0.25, 0.3) is 27.8 Å². The molecule has 0 amide bonds. The molecule has 0 aliphatic heterocycles. The molecule has 3 aromatic rings. The minimum atomic E-state index is -1.80. The molecule has 0 saturated carbocycles. The van der Waals surface area contributed by atoms with Crippen LogP contribution in [0.2, 0.25) is 0 Å². The maximum Gasteiger partial charge on any atom is 0.184 e. The van der Waals surface area contributed by atoms with Gasteiger partial charge in [0.1, 0.15) is 11.4 Å². The molecule has 0 saturated heterocycles. The first-order chi connectivity index (χ1) is 20.6. The van der Waals surface area contributed by atoms with Gasteiger partial charge in [0.15, 0.2) is 6.17 Å². The van der Waals surface area contributed by atoms with Crippen molar-refractivity contribution in [3.63, 3.8) is 0 Å². The lowest BCUT2D eigenvalue weighted by Gasteiger charge is -2.36. The fraction of sp³-hybridized carbons (Fsp3) is 0.436. The number of ether oxygens (including phenoxy) is 1. The monoisotopic (exact) mass is 570 g/mol. The molecule has 0 radical (unpaired) electrons. The van der Waals surface area contributed by atoms with Crippen molar-refractivity contribution in [3.8, 4) is 22.3 Å². The van der Waals surface area contributed by atoms with Gasteiger partial charge >= 0.3 is 0 Å². The molecule has 0 heterocycles. The van der Waals surface area contributed by atoms with Crippen LogP contribution in [0.4, 0.5) is 8.78 Å². The Morgan fingerprint density at radius 3 is 1.64 bits per heavy atom. The summed E-state index contributed by atoms with van der Waals surface area (Å²) in [5, 5.41) is 0. The zero-order valence-electron chi connectivity index (χ0n) is 25.6.